The van der Waals surface area contributed by atoms with Gasteiger partial charge in [-0.2, -0.15) is 0 Å². The number of hydrogen-bond acceptors (Lipinski definition) is 11. The highest BCUT2D eigenvalue weighted by Gasteiger charge is 2.89. The largest absolute Gasteiger partial charge is 0.507 e. The molecule has 0 aromatic heterocycles. The van der Waals surface area contributed by atoms with Crippen LogP contribution in [0.3, 0.4) is 0 Å². The Kier molecular flexibility index (Phi) is 8.79. The number of nitrogens with one attached hydrogen (secondary N) is 1. The molecule has 12 heteroatoms. The Bertz CT molecular complexity index is 1860. The van der Waals surface area contributed by atoms with Crippen LogP contribution >= 0.6 is 0 Å². The lowest BCUT2D eigenvalue weighted by Gasteiger charge is -2.49. The zero-order valence-corrected chi connectivity index (χ0v) is 31.3. The van der Waals surface area contributed by atoms with E-state index in [1.807, 2.05) is 47.6 Å². The Balaban J connectivity index is 1.28. The highest BCUT2D eigenvalue weighted by molar-refractivity contribution is 6.27. The summed E-state index contributed by atoms with van der Waals surface area (Å²) >= 11 is 0. The zero-order valence-electron chi connectivity index (χ0n) is 31.3. The average molecular weight is 720 g/mol. The second kappa shape index (κ2) is 12.5. The van der Waals surface area contributed by atoms with E-state index in [-0.39, 0.29) is 64.0 Å². The summed E-state index contributed by atoms with van der Waals surface area (Å²) in [6.45, 7) is 16.7. The second-order valence-corrected chi connectivity index (χ2v) is 15.9. The van der Waals surface area contributed by atoms with Crippen LogP contribution in [0.15, 0.2) is 47.7 Å². The number of carbonyl (C=O) groups excluding carboxylic acids is 3. The smallest absolute Gasteiger partial charge is 0.253 e. The van der Waals surface area contributed by atoms with Gasteiger partial charge < -0.3 is 44.0 Å². The average Bonchev–Trinajstić information content (AvgIpc) is 3.31. The molecule has 12 nitrogen and oxygen atoms in total. The maximum absolute atomic E-state index is 13.9. The summed E-state index contributed by atoms with van der Waals surface area (Å²) in [5, 5.41) is 25.6. The summed E-state index contributed by atoms with van der Waals surface area (Å²) in [7, 11) is 1.58. The first kappa shape index (κ1) is 36.7. The molecule has 2 saturated heterocycles. The first-order valence-electron chi connectivity index (χ1n) is 18.0. The van der Waals surface area contributed by atoms with Crippen LogP contribution in [-0.4, -0.2) is 82.7 Å². The number of rotatable bonds is 1. The summed E-state index contributed by atoms with van der Waals surface area (Å²) in [4.78, 5) is 40.9. The number of benzene rings is 1. The molecule has 10 bridgehead atoms. The molecule has 1 amide bonds. The van der Waals surface area contributed by atoms with Crippen molar-refractivity contribution < 1.29 is 53.0 Å². The molecule has 1 spiro atoms. The van der Waals surface area contributed by atoms with Crippen LogP contribution in [0, 0.1) is 30.6 Å². The summed E-state index contributed by atoms with van der Waals surface area (Å²) in [6, 6.07) is 0. The Morgan fingerprint density at radius 3 is 2.25 bits per heavy atom. The van der Waals surface area contributed by atoms with Crippen molar-refractivity contribution >= 4 is 17.5 Å². The van der Waals surface area contributed by atoms with Gasteiger partial charge in [0, 0.05) is 59.1 Å². The van der Waals surface area contributed by atoms with Gasteiger partial charge in [-0.3, -0.25) is 14.4 Å². The quantitative estimate of drug-likeness (QED) is 0.339. The van der Waals surface area contributed by atoms with E-state index in [1.165, 1.54) is 0 Å². The number of fused-ring (bicyclic) bond motifs is 1. The predicted octanol–water partition coefficient (Wildman–Crippen LogP) is 4.91. The molecule has 3 N–H and O–H groups in total. The number of Topliss-reactive ketones (excluding diaryl/α,β-unsaturated/α-hetero) is 1. The third-order valence-electron chi connectivity index (χ3n) is 12.0. The van der Waals surface area contributed by atoms with Crippen molar-refractivity contribution in [3.63, 3.8) is 0 Å². The van der Waals surface area contributed by atoms with Gasteiger partial charge in [-0.15, -0.1) is 0 Å². The maximum Gasteiger partial charge on any atom is 0.253 e. The number of ketones is 2. The first-order valence-corrected chi connectivity index (χ1v) is 18.0. The normalized spacial score (nSPS) is 43.1. The second-order valence-electron chi connectivity index (χ2n) is 15.9. The Morgan fingerprint density at radius 1 is 0.865 bits per heavy atom. The number of methoxy groups -OCH3 is 1. The molecule has 6 heterocycles. The van der Waals surface area contributed by atoms with Gasteiger partial charge in [-0.25, -0.2) is 0 Å². The molecule has 1 saturated carbocycles. The third kappa shape index (κ3) is 5.36. The van der Waals surface area contributed by atoms with E-state index in [1.54, 1.807) is 45.3 Å². The topological polar surface area (TPSA) is 159 Å². The number of aromatic hydroxyl groups is 1. The number of amides is 1. The van der Waals surface area contributed by atoms with E-state index in [9.17, 15) is 24.6 Å². The molecular weight excluding hydrogens is 670 g/mol. The molecule has 1 aromatic rings. The summed E-state index contributed by atoms with van der Waals surface area (Å²) in [5.41, 5.74) is -0.422. The highest BCUT2D eigenvalue weighted by Crippen LogP contribution is 2.76. The number of allylic oxidation sites excluding steroid dienone is 4. The van der Waals surface area contributed by atoms with Crippen LogP contribution in [0.1, 0.15) is 93.2 Å². The Hall–Kier alpha value is -3.65. The first-order chi connectivity index (χ1) is 24.4. The highest BCUT2D eigenvalue weighted by atomic mass is 16.9. The Labute approximate surface area is 303 Å². The van der Waals surface area contributed by atoms with E-state index >= 15 is 0 Å². The number of hydrogen-bond donors (Lipinski definition) is 3. The minimum atomic E-state index is -1.29. The van der Waals surface area contributed by atoms with Crippen molar-refractivity contribution in [3.05, 3.63) is 70.0 Å². The molecule has 52 heavy (non-hydrogen) atoms. The van der Waals surface area contributed by atoms with E-state index in [2.05, 4.69) is 12.2 Å². The van der Waals surface area contributed by atoms with Crippen LogP contribution in [-0.2, 0) is 28.5 Å². The van der Waals surface area contributed by atoms with E-state index in [0.717, 1.165) is 6.08 Å². The zero-order chi connectivity index (χ0) is 37.8. The van der Waals surface area contributed by atoms with Gasteiger partial charge in [0.05, 0.1) is 41.6 Å². The van der Waals surface area contributed by atoms with Crippen molar-refractivity contribution in [2.24, 2.45) is 23.7 Å². The summed E-state index contributed by atoms with van der Waals surface area (Å²) < 4.78 is 37.9. The predicted molar refractivity (Wildman–Crippen MR) is 188 cm³/mol. The number of ether oxygens (including phenoxy) is 6. The molecule has 280 valence electrons. The lowest BCUT2D eigenvalue weighted by atomic mass is 9.77. The van der Waals surface area contributed by atoms with Gasteiger partial charge in [0.15, 0.2) is 17.9 Å². The molecule has 6 aliphatic heterocycles. The fourth-order valence-corrected chi connectivity index (χ4v) is 9.00. The monoisotopic (exact) mass is 719 g/mol. The van der Waals surface area contributed by atoms with Crippen LogP contribution in [0.5, 0.6) is 11.5 Å². The number of aliphatic hydroxyl groups excluding tert-OH is 1. The fraction of sp³-hybridized carbons (Fsp3) is 0.575. The van der Waals surface area contributed by atoms with Crippen LogP contribution in [0.4, 0.5) is 0 Å². The van der Waals surface area contributed by atoms with E-state index in [4.69, 9.17) is 28.4 Å². The molecule has 0 radical (unpaired) electrons. The minimum absolute atomic E-state index is 0.0119. The minimum Gasteiger partial charge on any atom is -0.507 e. The van der Waals surface area contributed by atoms with Gasteiger partial charge in [-0.1, -0.05) is 52.0 Å². The fourth-order valence-electron chi connectivity index (χ4n) is 9.00. The molecule has 12 unspecified atom stereocenters. The number of phenolic OH excluding ortho intramolecular Hbond substituents is 1. The van der Waals surface area contributed by atoms with E-state index < -0.39 is 64.8 Å². The third-order valence-corrected chi connectivity index (χ3v) is 12.0. The van der Waals surface area contributed by atoms with E-state index in [0.29, 0.717) is 11.1 Å². The number of phenols is 1. The van der Waals surface area contributed by atoms with Crippen LogP contribution < -0.4 is 10.1 Å². The molecule has 2 aliphatic carbocycles. The van der Waals surface area contributed by atoms with Crippen molar-refractivity contribution in [1.82, 2.24) is 5.32 Å². The van der Waals surface area contributed by atoms with Crippen molar-refractivity contribution in [2.75, 3.05) is 7.11 Å². The Morgan fingerprint density at radius 2 is 1.56 bits per heavy atom. The number of aliphatic hydroxyl groups is 1. The molecule has 12 atom stereocenters. The molecular formula is C40H49NO11. The van der Waals surface area contributed by atoms with Crippen molar-refractivity contribution in [2.45, 2.75) is 116 Å². The number of carbonyl (C=O) groups is 3. The van der Waals surface area contributed by atoms with Gasteiger partial charge >= 0.3 is 0 Å². The van der Waals surface area contributed by atoms with Crippen LogP contribution in [0.25, 0.3) is 0 Å². The van der Waals surface area contributed by atoms with Crippen molar-refractivity contribution in [3.8, 4) is 11.5 Å². The standard InChI is InChI=1S/C40H49NO11/c1-17-12-11-13-18(2)37(46)41-23-16-24(42)27-28(32(23)45)31(44)21(5)35-29(27)36-39(9)40(36,52-35)49-26(48-39)15-14-25(47-10)19(3)30(43)20(4)34-22(6)33(17)50-38(7,8)51-34/h11-17,19-20,22,25-26,30,33-34,36,43-44H,1-10H3,(H,41,46)/b12-11+,15-14+,18-13-. The van der Waals surface area contributed by atoms with Gasteiger partial charge in [-0.05, 0) is 40.7 Å². The van der Waals surface area contributed by atoms with Gasteiger partial charge in [0.25, 0.3) is 11.7 Å². The molecule has 1 aromatic carbocycles. The summed E-state index contributed by atoms with van der Waals surface area (Å²) in [5.74, 6) is -5.59. The summed E-state index contributed by atoms with van der Waals surface area (Å²) in [6.07, 6.45) is 7.15. The SMILES string of the molecule is COC1/C=C/C2OC3(C)C4c5c(c(C)c(O)c6c5C(=O)C=C(NC(=O)/C(C)=C\C=C\C(C)C5OC(C)(C)OC(C(C)C(O)C1C)C5C)C6=O)OC43O2. The van der Waals surface area contributed by atoms with Crippen molar-refractivity contribution in [1.29, 1.82) is 0 Å². The van der Waals surface area contributed by atoms with Gasteiger partial charge in [0.2, 0.25) is 5.78 Å². The maximum atomic E-state index is 13.9. The van der Waals surface area contributed by atoms with Crippen LogP contribution in [0.2, 0.25) is 0 Å². The molecule has 3 fully saturated rings. The molecule has 8 aliphatic rings. The lowest BCUT2D eigenvalue weighted by molar-refractivity contribution is -0.336. The molecule has 9 rings (SSSR count). The lowest BCUT2D eigenvalue weighted by Crippen LogP contribution is -2.56. The van der Waals surface area contributed by atoms with Gasteiger partial charge in [0.1, 0.15) is 17.1 Å².